The predicted octanol–water partition coefficient (Wildman–Crippen LogP) is 2.19. The van der Waals surface area contributed by atoms with Gasteiger partial charge in [0.15, 0.2) is 0 Å². The van der Waals surface area contributed by atoms with Gasteiger partial charge in [-0.2, -0.15) is 12.6 Å². The highest BCUT2D eigenvalue weighted by Crippen LogP contribution is 2.41. The summed E-state index contributed by atoms with van der Waals surface area (Å²) < 4.78 is 0. The van der Waals surface area contributed by atoms with E-state index in [1.165, 1.54) is 6.42 Å². The van der Waals surface area contributed by atoms with E-state index in [0.717, 1.165) is 38.0 Å². The molecule has 1 saturated heterocycles. The van der Waals surface area contributed by atoms with Crippen LogP contribution in [0.25, 0.3) is 0 Å². The van der Waals surface area contributed by atoms with E-state index in [1.54, 1.807) is 0 Å². The molecule has 2 fully saturated rings. The Labute approximate surface area is 120 Å². The number of nitrogens with zero attached hydrogens (tertiary/aromatic N) is 1. The summed E-state index contributed by atoms with van der Waals surface area (Å²) in [5.74, 6) is 0.503. The Hall–Kier alpha value is -0.710. The first-order valence-corrected chi connectivity index (χ1v) is 7.78. The molecule has 5 heteroatoms. The second-order valence-corrected chi connectivity index (χ2v) is 6.52. The van der Waals surface area contributed by atoms with E-state index in [-0.39, 0.29) is 17.7 Å². The van der Waals surface area contributed by atoms with Crippen LogP contribution in [0.1, 0.15) is 44.9 Å². The molecule has 1 heterocycles. The molecule has 108 valence electrons. The number of carboxylic acids is 1. The van der Waals surface area contributed by atoms with Crippen molar-refractivity contribution in [2.75, 3.05) is 18.8 Å². The van der Waals surface area contributed by atoms with Gasteiger partial charge in [0.2, 0.25) is 5.91 Å². The van der Waals surface area contributed by atoms with Crippen LogP contribution in [0.5, 0.6) is 0 Å². The summed E-state index contributed by atoms with van der Waals surface area (Å²) in [7, 11) is 0. The maximum absolute atomic E-state index is 12.0. The van der Waals surface area contributed by atoms with E-state index in [1.807, 2.05) is 4.90 Å². The van der Waals surface area contributed by atoms with E-state index in [0.29, 0.717) is 18.9 Å². The van der Waals surface area contributed by atoms with Crippen LogP contribution >= 0.6 is 12.6 Å². The Balaban J connectivity index is 2.03. The van der Waals surface area contributed by atoms with Gasteiger partial charge < -0.3 is 10.0 Å². The number of hydrogen-bond acceptors (Lipinski definition) is 3. The largest absolute Gasteiger partial charge is 0.481 e. The Kier molecular flexibility index (Phi) is 4.76. The van der Waals surface area contributed by atoms with Gasteiger partial charge in [-0.25, -0.2) is 0 Å². The topological polar surface area (TPSA) is 57.6 Å². The predicted molar refractivity (Wildman–Crippen MR) is 76.3 cm³/mol. The molecule has 0 radical (unpaired) electrons. The first-order valence-electron chi connectivity index (χ1n) is 7.15. The third kappa shape index (κ3) is 3.65. The molecule has 0 aromatic rings. The fourth-order valence-electron chi connectivity index (χ4n) is 3.55. The van der Waals surface area contributed by atoms with E-state index < -0.39 is 5.97 Å². The summed E-state index contributed by atoms with van der Waals surface area (Å²) >= 11 is 4.27. The minimum Gasteiger partial charge on any atom is -0.481 e. The van der Waals surface area contributed by atoms with E-state index in [4.69, 9.17) is 5.11 Å². The van der Waals surface area contributed by atoms with Crippen LogP contribution in [0.4, 0.5) is 0 Å². The second kappa shape index (κ2) is 6.16. The number of carbonyl (C=O) groups excluding carboxylic acids is 1. The van der Waals surface area contributed by atoms with Gasteiger partial charge >= 0.3 is 5.97 Å². The standard InChI is InChI=1S/C14H23NO3S/c16-12-6-11(9-19)8-15(12)10-14(7-13(17)18)4-2-1-3-5-14/h11,19H,1-10H2,(H,17,18). The van der Waals surface area contributed by atoms with Gasteiger partial charge in [-0.05, 0) is 29.9 Å². The normalized spacial score (nSPS) is 26.7. The second-order valence-electron chi connectivity index (χ2n) is 6.16. The summed E-state index contributed by atoms with van der Waals surface area (Å²) in [6, 6.07) is 0. The number of carbonyl (C=O) groups is 2. The average Bonchev–Trinajstić information content (AvgIpc) is 2.70. The Morgan fingerprint density at radius 3 is 2.58 bits per heavy atom. The molecule has 1 aliphatic carbocycles. The number of carboxylic acid groups (broad SMARTS) is 1. The molecular formula is C14H23NO3S. The summed E-state index contributed by atoms with van der Waals surface area (Å²) in [6.45, 7) is 1.38. The van der Waals surface area contributed by atoms with Crippen molar-refractivity contribution in [3.8, 4) is 0 Å². The van der Waals surface area contributed by atoms with E-state index in [9.17, 15) is 9.59 Å². The molecule has 19 heavy (non-hydrogen) atoms. The van der Waals surface area contributed by atoms with Gasteiger partial charge in [0.05, 0.1) is 6.42 Å². The third-order valence-electron chi connectivity index (χ3n) is 4.52. The molecule has 0 aromatic heterocycles. The molecule has 2 rings (SSSR count). The molecular weight excluding hydrogens is 262 g/mol. The van der Waals surface area contributed by atoms with Crippen LogP contribution in [0, 0.1) is 11.3 Å². The lowest BCUT2D eigenvalue weighted by atomic mass is 9.71. The zero-order valence-electron chi connectivity index (χ0n) is 11.3. The third-order valence-corrected chi connectivity index (χ3v) is 5.04. The average molecular weight is 285 g/mol. The minimum atomic E-state index is -0.737. The van der Waals surface area contributed by atoms with Crippen molar-refractivity contribution in [2.24, 2.45) is 11.3 Å². The smallest absolute Gasteiger partial charge is 0.303 e. The number of thiol groups is 1. The summed E-state index contributed by atoms with van der Waals surface area (Å²) in [5, 5.41) is 9.15. The fourth-order valence-corrected chi connectivity index (χ4v) is 3.79. The van der Waals surface area contributed by atoms with Crippen LogP contribution in [-0.4, -0.2) is 40.7 Å². The van der Waals surface area contributed by atoms with Crippen LogP contribution in [0.2, 0.25) is 0 Å². The van der Waals surface area contributed by atoms with E-state index >= 15 is 0 Å². The lowest BCUT2D eigenvalue weighted by molar-refractivity contribution is -0.142. The summed E-state index contributed by atoms with van der Waals surface area (Å²) in [6.07, 6.45) is 6.02. The van der Waals surface area contributed by atoms with Crippen molar-refractivity contribution in [3.63, 3.8) is 0 Å². The molecule has 0 aromatic carbocycles. The number of rotatable bonds is 5. The molecule has 1 saturated carbocycles. The van der Waals surface area contributed by atoms with Crippen LogP contribution in [-0.2, 0) is 9.59 Å². The van der Waals surface area contributed by atoms with Gasteiger partial charge in [-0.15, -0.1) is 0 Å². The molecule has 1 aliphatic heterocycles. The lowest BCUT2D eigenvalue weighted by Crippen LogP contribution is -2.41. The molecule has 0 bridgehead atoms. The number of likely N-dealkylation sites (tertiary alicyclic amines) is 1. The van der Waals surface area contributed by atoms with Crippen molar-refractivity contribution in [3.05, 3.63) is 0 Å². The van der Waals surface area contributed by atoms with Gasteiger partial charge in [0, 0.05) is 19.5 Å². The Morgan fingerprint density at radius 1 is 1.37 bits per heavy atom. The maximum Gasteiger partial charge on any atom is 0.303 e. The minimum absolute atomic E-state index is 0.175. The van der Waals surface area contributed by atoms with Gasteiger partial charge in [-0.1, -0.05) is 19.3 Å². The van der Waals surface area contributed by atoms with Crippen molar-refractivity contribution in [2.45, 2.75) is 44.9 Å². The summed E-state index contributed by atoms with van der Waals surface area (Å²) in [5.41, 5.74) is -0.189. The zero-order chi connectivity index (χ0) is 13.9. The molecule has 1 unspecified atom stereocenters. The highest BCUT2D eigenvalue weighted by atomic mass is 32.1. The first-order chi connectivity index (χ1) is 9.04. The molecule has 1 atom stereocenters. The molecule has 0 spiro atoms. The van der Waals surface area contributed by atoms with Crippen LogP contribution in [0.15, 0.2) is 0 Å². The van der Waals surface area contributed by atoms with Gasteiger partial charge in [0.25, 0.3) is 0 Å². The van der Waals surface area contributed by atoms with Crippen LogP contribution in [0.3, 0.4) is 0 Å². The zero-order valence-corrected chi connectivity index (χ0v) is 12.2. The van der Waals surface area contributed by atoms with Gasteiger partial charge in [0.1, 0.15) is 0 Å². The lowest BCUT2D eigenvalue weighted by Gasteiger charge is -2.39. The highest BCUT2D eigenvalue weighted by Gasteiger charge is 2.39. The number of hydrogen-bond donors (Lipinski definition) is 2. The molecule has 4 nitrogen and oxygen atoms in total. The quantitative estimate of drug-likeness (QED) is 0.761. The first kappa shape index (κ1) is 14.7. The van der Waals surface area contributed by atoms with Crippen molar-refractivity contribution in [1.82, 2.24) is 4.90 Å². The van der Waals surface area contributed by atoms with Crippen molar-refractivity contribution >= 4 is 24.5 Å². The molecule has 1 N–H and O–H groups in total. The SMILES string of the molecule is O=C(O)CC1(CN2CC(CS)CC2=O)CCCCC1. The monoisotopic (exact) mass is 285 g/mol. The Bertz CT molecular complexity index is 353. The van der Waals surface area contributed by atoms with Gasteiger partial charge in [-0.3, -0.25) is 9.59 Å². The number of amides is 1. The summed E-state index contributed by atoms with van der Waals surface area (Å²) in [4.78, 5) is 25.0. The van der Waals surface area contributed by atoms with E-state index in [2.05, 4.69) is 12.6 Å². The highest BCUT2D eigenvalue weighted by molar-refractivity contribution is 7.80. The van der Waals surface area contributed by atoms with Crippen molar-refractivity contribution < 1.29 is 14.7 Å². The number of aliphatic carboxylic acids is 1. The fraction of sp³-hybridized carbons (Fsp3) is 0.857. The Morgan fingerprint density at radius 2 is 2.05 bits per heavy atom. The molecule has 2 aliphatic rings. The van der Waals surface area contributed by atoms with Crippen LogP contribution < -0.4 is 0 Å². The maximum atomic E-state index is 12.0. The van der Waals surface area contributed by atoms with Crippen molar-refractivity contribution in [1.29, 1.82) is 0 Å². The molecule has 1 amide bonds.